The van der Waals surface area contributed by atoms with E-state index in [1.807, 2.05) is 90.0 Å². The van der Waals surface area contributed by atoms with Crippen LogP contribution in [0, 0.1) is 0 Å². The molecule has 1 amide bonds. The Kier molecular flexibility index (Phi) is 9.52. The van der Waals surface area contributed by atoms with Crippen LogP contribution in [0.2, 0.25) is 0 Å². The number of ketones is 1. The van der Waals surface area contributed by atoms with Gasteiger partial charge in [-0.2, -0.15) is 0 Å². The van der Waals surface area contributed by atoms with Crippen molar-refractivity contribution in [2.24, 2.45) is 0 Å². The number of anilines is 1. The molecule has 6 nitrogen and oxygen atoms in total. The SMILES string of the molecule is CCOc1cc(/C=C/C(=O)c2ccc(N(C)C)cc2)ccc1OCC(=O)N(C(C)C)C(C)C. The summed E-state index contributed by atoms with van der Waals surface area (Å²) in [7, 11) is 3.92. The van der Waals surface area contributed by atoms with Crippen LogP contribution in [0.4, 0.5) is 5.69 Å². The zero-order valence-electron chi connectivity index (χ0n) is 20.8. The fourth-order valence-corrected chi connectivity index (χ4v) is 3.59. The van der Waals surface area contributed by atoms with Crippen molar-refractivity contribution in [1.29, 1.82) is 0 Å². The molecular weight excluding hydrogens is 416 g/mol. The van der Waals surface area contributed by atoms with Gasteiger partial charge in [0.25, 0.3) is 5.91 Å². The van der Waals surface area contributed by atoms with Gasteiger partial charge in [-0.3, -0.25) is 9.59 Å². The minimum absolute atomic E-state index is 0.0625. The molecule has 2 aromatic rings. The van der Waals surface area contributed by atoms with Crippen molar-refractivity contribution in [1.82, 2.24) is 4.90 Å². The first-order chi connectivity index (χ1) is 15.6. The maximum atomic E-state index is 12.6. The van der Waals surface area contributed by atoms with Gasteiger partial charge in [-0.1, -0.05) is 12.1 Å². The fraction of sp³-hybridized carbons (Fsp3) is 0.407. The first-order valence-corrected chi connectivity index (χ1v) is 11.3. The number of hydrogen-bond acceptors (Lipinski definition) is 5. The van der Waals surface area contributed by atoms with Gasteiger partial charge in [-0.25, -0.2) is 0 Å². The topological polar surface area (TPSA) is 59.1 Å². The van der Waals surface area contributed by atoms with Crippen LogP contribution in [0.1, 0.15) is 50.5 Å². The lowest BCUT2D eigenvalue weighted by atomic mass is 10.1. The van der Waals surface area contributed by atoms with E-state index in [1.54, 1.807) is 23.1 Å². The molecule has 0 aliphatic rings. The van der Waals surface area contributed by atoms with Crippen LogP contribution in [0.3, 0.4) is 0 Å². The average Bonchev–Trinajstić information content (AvgIpc) is 2.76. The van der Waals surface area contributed by atoms with Gasteiger partial charge < -0.3 is 19.3 Å². The molecule has 0 bridgehead atoms. The molecule has 0 heterocycles. The van der Waals surface area contributed by atoms with Crippen molar-refractivity contribution < 1.29 is 19.1 Å². The molecule has 0 fully saturated rings. The summed E-state index contributed by atoms with van der Waals surface area (Å²) in [6.07, 6.45) is 3.29. The van der Waals surface area contributed by atoms with Crippen molar-refractivity contribution >= 4 is 23.5 Å². The lowest BCUT2D eigenvalue weighted by molar-refractivity contribution is -0.137. The second-order valence-corrected chi connectivity index (χ2v) is 8.56. The summed E-state index contributed by atoms with van der Waals surface area (Å²) in [6, 6.07) is 13.1. The van der Waals surface area contributed by atoms with E-state index in [9.17, 15) is 9.59 Å². The summed E-state index contributed by atoms with van der Waals surface area (Å²) in [5.41, 5.74) is 2.47. The van der Waals surface area contributed by atoms with Gasteiger partial charge in [0.05, 0.1) is 6.61 Å². The molecule has 2 aromatic carbocycles. The van der Waals surface area contributed by atoms with E-state index >= 15 is 0 Å². The van der Waals surface area contributed by atoms with Gasteiger partial charge in [0.1, 0.15) is 0 Å². The van der Waals surface area contributed by atoms with Crippen molar-refractivity contribution in [3.8, 4) is 11.5 Å². The van der Waals surface area contributed by atoms with E-state index in [-0.39, 0.29) is 30.4 Å². The molecule has 2 rings (SSSR count). The summed E-state index contributed by atoms with van der Waals surface area (Å²) in [6.45, 7) is 10.2. The zero-order chi connectivity index (χ0) is 24.5. The first kappa shape index (κ1) is 26.0. The number of ether oxygens (including phenoxy) is 2. The van der Waals surface area contributed by atoms with Gasteiger partial charge in [-0.05, 0) is 82.7 Å². The first-order valence-electron chi connectivity index (χ1n) is 11.3. The van der Waals surface area contributed by atoms with Gasteiger partial charge in [0.15, 0.2) is 23.9 Å². The van der Waals surface area contributed by atoms with Crippen molar-refractivity contribution in [2.75, 3.05) is 32.2 Å². The average molecular weight is 453 g/mol. The van der Waals surface area contributed by atoms with E-state index in [0.717, 1.165) is 11.3 Å². The second-order valence-electron chi connectivity index (χ2n) is 8.56. The van der Waals surface area contributed by atoms with Crippen molar-refractivity contribution in [3.63, 3.8) is 0 Å². The van der Waals surface area contributed by atoms with E-state index in [2.05, 4.69) is 0 Å². The quantitative estimate of drug-likeness (QED) is 0.352. The number of nitrogens with zero attached hydrogens (tertiary/aromatic N) is 2. The predicted octanol–water partition coefficient (Wildman–Crippen LogP) is 5.07. The Morgan fingerprint density at radius 2 is 1.55 bits per heavy atom. The van der Waals surface area contributed by atoms with Gasteiger partial charge in [-0.15, -0.1) is 0 Å². The molecule has 0 saturated heterocycles. The predicted molar refractivity (Wildman–Crippen MR) is 134 cm³/mol. The van der Waals surface area contributed by atoms with Gasteiger partial charge in [0, 0.05) is 37.4 Å². The van der Waals surface area contributed by atoms with Crippen molar-refractivity contribution in [2.45, 2.75) is 46.7 Å². The number of amides is 1. The Hall–Kier alpha value is -3.28. The summed E-state index contributed by atoms with van der Waals surface area (Å²) in [5, 5.41) is 0. The normalized spacial score (nSPS) is 11.2. The Balaban J connectivity index is 2.12. The minimum atomic E-state index is -0.0772. The highest BCUT2D eigenvalue weighted by molar-refractivity contribution is 6.07. The summed E-state index contributed by atoms with van der Waals surface area (Å²) < 4.78 is 11.5. The molecule has 178 valence electrons. The third-order valence-corrected chi connectivity index (χ3v) is 5.11. The fourth-order valence-electron chi connectivity index (χ4n) is 3.59. The van der Waals surface area contributed by atoms with Crippen LogP contribution >= 0.6 is 0 Å². The lowest BCUT2D eigenvalue weighted by Gasteiger charge is -2.30. The Labute approximate surface area is 197 Å². The van der Waals surface area contributed by atoms with Crippen LogP contribution in [-0.2, 0) is 4.79 Å². The maximum Gasteiger partial charge on any atom is 0.260 e. The highest BCUT2D eigenvalue weighted by Gasteiger charge is 2.21. The highest BCUT2D eigenvalue weighted by Crippen LogP contribution is 2.29. The van der Waals surface area contributed by atoms with Crippen LogP contribution in [0.15, 0.2) is 48.5 Å². The molecule has 6 heteroatoms. The van der Waals surface area contributed by atoms with Crippen molar-refractivity contribution in [3.05, 3.63) is 59.7 Å². The molecule has 0 aliphatic carbocycles. The molecule has 0 N–H and O–H groups in total. The Morgan fingerprint density at radius 3 is 2.09 bits per heavy atom. The van der Waals surface area contributed by atoms with Crippen LogP contribution in [0.5, 0.6) is 11.5 Å². The summed E-state index contributed by atoms with van der Waals surface area (Å²) >= 11 is 0. The van der Waals surface area contributed by atoms with E-state index < -0.39 is 0 Å². The number of benzene rings is 2. The molecular formula is C27H36N2O4. The van der Waals surface area contributed by atoms with Crippen LogP contribution in [0.25, 0.3) is 6.08 Å². The number of carbonyl (C=O) groups excluding carboxylic acids is 2. The van der Waals surface area contributed by atoms with E-state index in [0.29, 0.717) is 23.7 Å². The number of rotatable bonds is 11. The van der Waals surface area contributed by atoms with Crippen LogP contribution in [-0.4, -0.2) is 56.0 Å². The zero-order valence-corrected chi connectivity index (χ0v) is 20.8. The minimum Gasteiger partial charge on any atom is -0.490 e. The number of allylic oxidation sites excluding steroid dienone is 1. The molecule has 0 saturated carbocycles. The summed E-state index contributed by atoms with van der Waals surface area (Å²) in [5.74, 6) is 0.889. The molecule has 0 unspecified atom stereocenters. The largest absolute Gasteiger partial charge is 0.490 e. The van der Waals surface area contributed by atoms with Gasteiger partial charge >= 0.3 is 0 Å². The molecule has 0 aromatic heterocycles. The Bertz CT molecular complexity index is 955. The van der Waals surface area contributed by atoms with E-state index in [4.69, 9.17) is 9.47 Å². The van der Waals surface area contributed by atoms with Crippen LogP contribution < -0.4 is 14.4 Å². The number of carbonyl (C=O) groups is 2. The lowest BCUT2D eigenvalue weighted by Crippen LogP contribution is -2.44. The molecule has 0 spiro atoms. The smallest absolute Gasteiger partial charge is 0.260 e. The second kappa shape index (κ2) is 12.1. The molecule has 0 radical (unpaired) electrons. The molecule has 0 atom stereocenters. The molecule has 33 heavy (non-hydrogen) atoms. The Morgan fingerprint density at radius 1 is 0.909 bits per heavy atom. The molecule has 0 aliphatic heterocycles. The number of hydrogen-bond donors (Lipinski definition) is 0. The summed E-state index contributed by atoms with van der Waals surface area (Å²) in [4.78, 5) is 28.9. The monoisotopic (exact) mass is 452 g/mol. The highest BCUT2D eigenvalue weighted by atomic mass is 16.5. The third-order valence-electron chi connectivity index (χ3n) is 5.11. The standard InChI is InChI=1S/C27H36N2O4/c1-8-32-26-17-21(9-15-24(30)22-11-13-23(14-12-22)28(6)7)10-16-25(26)33-18-27(31)29(19(2)3)20(4)5/h9-17,19-20H,8,18H2,1-7H3/b15-9+. The van der Waals surface area contributed by atoms with E-state index in [1.165, 1.54) is 0 Å². The van der Waals surface area contributed by atoms with Gasteiger partial charge in [0.2, 0.25) is 0 Å². The maximum absolute atomic E-state index is 12.6. The third kappa shape index (κ3) is 7.38.